The molecule has 0 saturated carbocycles. The molecule has 0 amide bonds. The first-order valence-corrected chi connectivity index (χ1v) is 6.53. The van der Waals surface area contributed by atoms with E-state index in [0.717, 1.165) is 6.42 Å². The number of nitrogens with two attached hydrogens (primary N) is 2. The van der Waals surface area contributed by atoms with Gasteiger partial charge in [-0.25, -0.2) is 5.84 Å². The van der Waals surface area contributed by atoms with Gasteiger partial charge in [-0.05, 0) is 13.3 Å². The van der Waals surface area contributed by atoms with Gasteiger partial charge >= 0.3 is 0 Å². The van der Waals surface area contributed by atoms with Crippen molar-refractivity contribution >= 4 is 17.6 Å². The Balaban J connectivity index is 2.43. The molecule has 1 aromatic rings. The van der Waals surface area contributed by atoms with E-state index >= 15 is 0 Å². The molecule has 0 saturated heterocycles. The molecule has 0 spiro atoms. The lowest BCUT2D eigenvalue weighted by atomic mass is 10.1. The van der Waals surface area contributed by atoms with E-state index in [0.29, 0.717) is 17.7 Å². The van der Waals surface area contributed by atoms with Gasteiger partial charge in [0.05, 0.1) is 0 Å². The molecular weight excluding hydrogens is 228 g/mol. The predicted molar refractivity (Wildman–Crippen MR) is 76.1 cm³/mol. The van der Waals surface area contributed by atoms with E-state index < -0.39 is 0 Å². The average molecular weight is 252 g/mol. The number of nitrogens with one attached hydrogen (secondary N) is 2. The number of hydrogen-bond acceptors (Lipinski definition) is 6. The molecule has 0 aliphatic rings. The highest BCUT2D eigenvalue weighted by molar-refractivity contribution is 5.50. The van der Waals surface area contributed by atoms with Crippen LogP contribution in [-0.2, 0) is 0 Å². The second kappa shape index (κ2) is 7.71. The Kier molecular flexibility index (Phi) is 6.21. The number of nitrogens with zero attached hydrogens (tertiary/aromatic N) is 2. The number of anilines is 3. The summed E-state index contributed by atoms with van der Waals surface area (Å²) in [5.41, 5.74) is 8.06. The zero-order valence-corrected chi connectivity index (χ0v) is 11.2. The normalized spacial score (nSPS) is 12.2. The third-order valence-electron chi connectivity index (χ3n) is 2.78. The molecule has 6 N–H and O–H groups in total. The van der Waals surface area contributed by atoms with Crippen molar-refractivity contribution in [2.75, 3.05) is 16.5 Å². The zero-order chi connectivity index (χ0) is 13.4. The fourth-order valence-electron chi connectivity index (χ4n) is 1.82. The Morgan fingerprint density at radius 2 is 1.94 bits per heavy atom. The van der Waals surface area contributed by atoms with Gasteiger partial charge < -0.3 is 16.5 Å². The van der Waals surface area contributed by atoms with Gasteiger partial charge in [0, 0.05) is 12.1 Å². The molecule has 6 nitrogen and oxygen atoms in total. The first kappa shape index (κ1) is 14.5. The minimum atomic E-state index is 0.214. The topological polar surface area (TPSA) is 102 Å². The number of hydrogen-bond donors (Lipinski definition) is 4. The fourth-order valence-corrected chi connectivity index (χ4v) is 1.82. The van der Waals surface area contributed by atoms with Crippen LogP contribution in [0, 0.1) is 0 Å². The van der Waals surface area contributed by atoms with E-state index in [-0.39, 0.29) is 5.95 Å². The highest BCUT2D eigenvalue weighted by atomic mass is 15.3. The molecule has 0 fully saturated rings. The maximum Gasteiger partial charge on any atom is 0.223 e. The molecule has 1 atom stereocenters. The predicted octanol–water partition coefficient (Wildman–Crippen LogP) is 2.12. The zero-order valence-electron chi connectivity index (χ0n) is 11.2. The Morgan fingerprint density at radius 1 is 1.22 bits per heavy atom. The Hall–Kier alpha value is -1.56. The van der Waals surface area contributed by atoms with Crippen molar-refractivity contribution in [1.82, 2.24) is 9.97 Å². The van der Waals surface area contributed by atoms with Crippen LogP contribution in [-0.4, -0.2) is 16.0 Å². The molecule has 0 radical (unpaired) electrons. The summed E-state index contributed by atoms with van der Waals surface area (Å²) in [7, 11) is 0. The Morgan fingerprint density at radius 3 is 2.61 bits per heavy atom. The van der Waals surface area contributed by atoms with Gasteiger partial charge in [-0.15, -0.1) is 0 Å². The summed E-state index contributed by atoms with van der Waals surface area (Å²) < 4.78 is 0. The van der Waals surface area contributed by atoms with Crippen LogP contribution in [0.1, 0.15) is 46.0 Å². The quantitative estimate of drug-likeness (QED) is 0.321. The molecule has 0 aliphatic heterocycles. The first-order valence-electron chi connectivity index (χ1n) is 6.53. The van der Waals surface area contributed by atoms with Crippen LogP contribution >= 0.6 is 0 Å². The minimum Gasteiger partial charge on any atom is -0.368 e. The molecule has 1 aromatic heterocycles. The number of nitrogen functional groups attached to an aromatic ring is 2. The van der Waals surface area contributed by atoms with Crippen molar-refractivity contribution in [1.29, 1.82) is 0 Å². The molecular formula is C12H24N6. The van der Waals surface area contributed by atoms with E-state index in [1.54, 1.807) is 6.07 Å². The van der Waals surface area contributed by atoms with Gasteiger partial charge in [0.2, 0.25) is 5.95 Å². The van der Waals surface area contributed by atoms with Gasteiger partial charge in [0.1, 0.15) is 11.6 Å². The van der Waals surface area contributed by atoms with Gasteiger partial charge in [-0.2, -0.15) is 9.97 Å². The number of unbranched alkanes of at least 4 members (excludes halogenated alkanes) is 3. The molecule has 18 heavy (non-hydrogen) atoms. The van der Waals surface area contributed by atoms with E-state index in [1.807, 2.05) is 0 Å². The molecule has 1 heterocycles. The second-order valence-corrected chi connectivity index (χ2v) is 4.54. The van der Waals surface area contributed by atoms with E-state index in [1.165, 1.54) is 25.7 Å². The van der Waals surface area contributed by atoms with Crippen molar-refractivity contribution in [3.05, 3.63) is 6.07 Å². The van der Waals surface area contributed by atoms with Crippen LogP contribution in [0.2, 0.25) is 0 Å². The van der Waals surface area contributed by atoms with Crippen molar-refractivity contribution in [2.24, 2.45) is 5.84 Å². The van der Waals surface area contributed by atoms with Gasteiger partial charge in [0.25, 0.3) is 0 Å². The highest BCUT2D eigenvalue weighted by Gasteiger charge is 2.05. The van der Waals surface area contributed by atoms with Crippen molar-refractivity contribution < 1.29 is 0 Å². The van der Waals surface area contributed by atoms with Crippen LogP contribution in [0.25, 0.3) is 0 Å². The fraction of sp³-hybridized carbons (Fsp3) is 0.667. The van der Waals surface area contributed by atoms with Crippen LogP contribution in [0.3, 0.4) is 0 Å². The SMILES string of the molecule is CCCCCCC(C)Nc1cc(NN)nc(N)n1. The lowest BCUT2D eigenvalue weighted by Crippen LogP contribution is -2.18. The molecule has 102 valence electrons. The minimum absolute atomic E-state index is 0.214. The standard InChI is InChI=1S/C12H24N6/c1-3-4-5-6-7-9(2)15-10-8-11(18-14)17-12(13)16-10/h8-9H,3-7,14H2,1-2H3,(H4,13,15,16,17,18). The number of hydrazine groups is 1. The van der Waals surface area contributed by atoms with Crippen molar-refractivity contribution in [3.63, 3.8) is 0 Å². The summed E-state index contributed by atoms with van der Waals surface area (Å²) in [6.07, 6.45) is 6.19. The number of aromatic nitrogens is 2. The Labute approximate surface area is 109 Å². The third kappa shape index (κ3) is 5.18. The van der Waals surface area contributed by atoms with E-state index in [9.17, 15) is 0 Å². The Bertz CT molecular complexity index is 354. The third-order valence-corrected chi connectivity index (χ3v) is 2.78. The summed E-state index contributed by atoms with van der Waals surface area (Å²) in [6, 6.07) is 2.11. The van der Waals surface area contributed by atoms with Crippen LogP contribution in [0.15, 0.2) is 6.07 Å². The summed E-state index contributed by atoms with van der Waals surface area (Å²) in [4.78, 5) is 8.06. The van der Waals surface area contributed by atoms with Crippen LogP contribution in [0.5, 0.6) is 0 Å². The molecule has 1 rings (SSSR count). The van der Waals surface area contributed by atoms with Crippen molar-refractivity contribution in [3.8, 4) is 0 Å². The van der Waals surface area contributed by atoms with Gasteiger partial charge in [-0.1, -0.05) is 32.6 Å². The van der Waals surface area contributed by atoms with Crippen molar-refractivity contribution in [2.45, 2.75) is 52.0 Å². The van der Waals surface area contributed by atoms with E-state index in [2.05, 4.69) is 34.6 Å². The maximum absolute atomic E-state index is 5.59. The largest absolute Gasteiger partial charge is 0.368 e. The summed E-state index contributed by atoms with van der Waals surface area (Å²) >= 11 is 0. The summed E-state index contributed by atoms with van der Waals surface area (Å²) in [5, 5.41) is 3.31. The molecule has 0 aliphatic carbocycles. The lowest BCUT2D eigenvalue weighted by molar-refractivity contribution is 0.593. The lowest BCUT2D eigenvalue weighted by Gasteiger charge is -2.15. The maximum atomic E-state index is 5.59. The molecule has 1 unspecified atom stereocenters. The smallest absolute Gasteiger partial charge is 0.223 e. The molecule has 0 bridgehead atoms. The second-order valence-electron chi connectivity index (χ2n) is 4.54. The number of rotatable bonds is 8. The first-order chi connectivity index (χ1) is 8.65. The average Bonchev–Trinajstić information content (AvgIpc) is 2.34. The molecule has 0 aromatic carbocycles. The molecule has 6 heteroatoms. The van der Waals surface area contributed by atoms with Crippen LogP contribution < -0.4 is 22.3 Å². The summed E-state index contributed by atoms with van der Waals surface area (Å²) in [5.74, 6) is 6.75. The van der Waals surface area contributed by atoms with Gasteiger partial charge in [0.15, 0.2) is 0 Å². The summed E-state index contributed by atoms with van der Waals surface area (Å²) in [6.45, 7) is 4.35. The highest BCUT2D eigenvalue weighted by Crippen LogP contribution is 2.14. The van der Waals surface area contributed by atoms with E-state index in [4.69, 9.17) is 11.6 Å². The van der Waals surface area contributed by atoms with Crippen LogP contribution in [0.4, 0.5) is 17.6 Å². The van der Waals surface area contributed by atoms with Gasteiger partial charge in [-0.3, -0.25) is 0 Å². The monoisotopic (exact) mass is 252 g/mol.